The highest BCUT2D eigenvalue weighted by molar-refractivity contribution is 5.54. The Labute approximate surface area is 90.8 Å². The van der Waals surface area contributed by atoms with E-state index in [1.165, 1.54) is 11.3 Å². The Balaban J connectivity index is 2.26. The number of morpholine rings is 1. The summed E-state index contributed by atoms with van der Waals surface area (Å²) in [6.45, 7) is 5.35. The van der Waals surface area contributed by atoms with Gasteiger partial charge in [0.2, 0.25) is 0 Å². The number of para-hydroxylation sites is 1. The second-order valence-corrected chi connectivity index (χ2v) is 3.95. The fourth-order valence-electron chi connectivity index (χ4n) is 2.05. The average Bonchev–Trinajstić information content (AvgIpc) is 2.30. The summed E-state index contributed by atoms with van der Waals surface area (Å²) in [6.07, 6.45) is 0. The number of anilines is 1. The van der Waals surface area contributed by atoms with Gasteiger partial charge in [-0.15, -0.1) is 0 Å². The summed E-state index contributed by atoms with van der Waals surface area (Å²) in [6, 6.07) is 8.78. The molecule has 0 saturated carbocycles. The first-order valence-electron chi connectivity index (χ1n) is 5.45. The minimum absolute atomic E-state index is 0.437. The molecule has 1 aliphatic rings. The molecular weight excluding hydrogens is 188 g/mol. The van der Waals surface area contributed by atoms with Crippen LogP contribution in [0.1, 0.15) is 12.5 Å². The summed E-state index contributed by atoms with van der Waals surface area (Å²) < 4.78 is 5.43. The maximum absolute atomic E-state index is 5.74. The molecule has 1 fully saturated rings. The van der Waals surface area contributed by atoms with Gasteiger partial charge in [-0.3, -0.25) is 0 Å². The van der Waals surface area contributed by atoms with Crippen LogP contribution >= 0.6 is 0 Å². The molecule has 82 valence electrons. The van der Waals surface area contributed by atoms with E-state index in [4.69, 9.17) is 10.5 Å². The third-order valence-corrected chi connectivity index (χ3v) is 2.89. The number of rotatable bonds is 2. The zero-order chi connectivity index (χ0) is 10.7. The van der Waals surface area contributed by atoms with Crippen LogP contribution in [-0.2, 0) is 11.3 Å². The lowest BCUT2D eigenvalue weighted by atomic mass is 10.1. The minimum Gasteiger partial charge on any atom is -0.377 e. The second kappa shape index (κ2) is 4.64. The summed E-state index contributed by atoms with van der Waals surface area (Å²) in [5, 5.41) is 0. The third-order valence-electron chi connectivity index (χ3n) is 2.89. The smallest absolute Gasteiger partial charge is 0.0668 e. The zero-order valence-electron chi connectivity index (χ0n) is 9.15. The fraction of sp³-hybridized carbons (Fsp3) is 0.500. The highest BCUT2D eigenvalue weighted by Gasteiger charge is 2.20. The first-order valence-corrected chi connectivity index (χ1v) is 5.45. The van der Waals surface area contributed by atoms with Crippen molar-refractivity contribution in [2.75, 3.05) is 24.7 Å². The van der Waals surface area contributed by atoms with Crippen molar-refractivity contribution in [2.24, 2.45) is 5.73 Å². The molecule has 1 unspecified atom stereocenters. The van der Waals surface area contributed by atoms with Crippen molar-refractivity contribution in [2.45, 2.75) is 19.5 Å². The fourth-order valence-corrected chi connectivity index (χ4v) is 2.05. The number of hydrogen-bond donors (Lipinski definition) is 1. The first-order chi connectivity index (χ1) is 7.33. The molecule has 3 heteroatoms. The summed E-state index contributed by atoms with van der Waals surface area (Å²) in [5.74, 6) is 0. The van der Waals surface area contributed by atoms with Gasteiger partial charge < -0.3 is 15.4 Å². The number of nitrogens with two attached hydrogens (primary N) is 1. The molecule has 1 saturated heterocycles. The molecule has 0 spiro atoms. The van der Waals surface area contributed by atoms with Crippen LogP contribution in [-0.4, -0.2) is 25.8 Å². The summed E-state index contributed by atoms with van der Waals surface area (Å²) in [7, 11) is 0. The SMILES string of the molecule is CC1COCCN1c1ccccc1CN. The maximum Gasteiger partial charge on any atom is 0.0668 e. The van der Waals surface area contributed by atoms with Crippen LogP contribution in [0.15, 0.2) is 24.3 Å². The van der Waals surface area contributed by atoms with Gasteiger partial charge in [0.25, 0.3) is 0 Å². The van der Waals surface area contributed by atoms with Gasteiger partial charge in [0, 0.05) is 24.8 Å². The molecule has 0 radical (unpaired) electrons. The molecular formula is C12H18N2O. The number of hydrogen-bond acceptors (Lipinski definition) is 3. The molecule has 0 aliphatic carbocycles. The van der Waals surface area contributed by atoms with E-state index in [1.807, 2.05) is 6.07 Å². The molecule has 0 bridgehead atoms. The van der Waals surface area contributed by atoms with Gasteiger partial charge in [-0.1, -0.05) is 18.2 Å². The van der Waals surface area contributed by atoms with Gasteiger partial charge >= 0.3 is 0 Å². The first kappa shape index (κ1) is 10.5. The van der Waals surface area contributed by atoms with Crippen molar-refractivity contribution in [3.05, 3.63) is 29.8 Å². The molecule has 0 aromatic heterocycles. The van der Waals surface area contributed by atoms with Crippen LogP contribution in [0.4, 0.5) is 5.69 Å². The Morgan fingerprint density at radius 3 is 3.00 bits per heavy atom. The van der Waals surface area contributed by atoms with Crippen LogP contribution < -0.4 is 10.6 Å². The Morgan fingerprint density at radius 1 is 1.47 bits per heavy atom. The van der Waals surface area contributed by atoms with Crippen LogP contribution in [0.25, 0.3) is 0 Å². The molecule has 2 N–H and O–H groups in total. The maximum atomic E-state index is 5.74. The van der Waals surface area contributed by atoms with Crippen molar-refractivity contribution < 1.29 is 4.74 Å². The van der Waals surface area contributed by atoms with Crippen LogP contribution in [0.5, 0.6) is 0 Å². The molecule has 1 atom stereocenters. The van der Waals surface area contributed by atoms with E-state index in [2.05, 4.69) is 30.0 Å². The highest BCUT2D eigenvalue weighted by Crippen LogP contribution is 2.23. The normalized spacial score (nSPS) is 21.7. The number of ether oxygens (including phenoxy) is 1. The Morgan fingerprint density at radius 2 is 2.27 bits per heavy atom. The number of benzene rings is 1. The van der Waals surface area contributed by atoms with Gasteiger partial charge in [-0.05, 0) is 18.6 Å². The monoisotopic (exact) mass is 206 g/mol. The van der Waals surface area contributed by atoms with Gasteiger partial charge in [0.05, 0.1) is 13.2 Å². The van der Waals surface area contributed by atoms with E-state index in [-0.39, 0.29) is 0 Å². The summed E-state index contributed by atoms with van der Waals surface area (Å²) in [4.78, 5) is 2.38. The molecule has 1 aromatic rings. The molecule has 3 nitrogen and oxygen atoms in total. The van der Waals surface area contributed by atoms with E-state index in [0.29, 0.717) is 12.6 Å². The Kier molecular flexibility index (Phi) is 3.23. The van der Waals surface area contributed by atoms with Crippen molar-refractivity contribution in [3.8, 4) is 0 Å². The molecule has 0 amide bonds. The molecule has 15 heavy (non-hydrogen) atoms. The third kappa shape index (κ3) is 2.13. The van der Waals surface area contributed by atoms with Crippen molar-refractivity contribution in [3.63, 3.8) is 0 Å². The lowest BCUT2D eigenvalue weighted by Crippen LogP contribution is -2.44. The number of nitrogens with zero attached hydrogens (tertiary/aromatic N) is 1. The Hall–Kier alpha value is -1.06. The molecule has 1 aromatic carbocycles. The van der Waals surface area contributed by atoms with Crippen LogP contribution in [0, 0.1) is 0 Å². The van der Waals surface area contributed by atoms with Gasteiger partial charge in [0.15, 0.2) is 0 Å². The Bertz CT molecular complexity index is 327. The highest BCUT2D eigenvalue weighted by atomic mass is 16.5. The van der Waals surface area contributed by atoms with E-state index in [0.717, 1.165) is 19.8 Å². The summed E-state index contributed by atoms with van der Waals surface area (Å²) >= 11 is 0. The lowest BCUT2D eigenvalue weighted by Gasteiger charge is -2.36. The lowest BCUT2D eigenvalue weighted by molar-refractivity contribution is 0.0988. The van der Waals surface area contributed by atoms with Crippen molar-refractivity contribution in [1.82, 2.24) is 0 Å². The van der Waals surface area contributed by atoms with E-state index in [1.54, 1.807) is 0 Å². The van der Waals surface area contributed by atoms with Crippen molar-refractivity contribution in [1.29, 1.82) is 0 Å². The van der Waals surface area contributed by atoms with E-state index < -0.39 is 0 Å². The van der Waals surface area contributed by atoms with Crippen molar-refractivity contribution >= 4 is 5.69 Å². The standard InChI is InChI=1S/C12H18N2O/c1-10-9-15-7-6-14(10)12-5-3-2-4-11(12)8-13/h2-5,10H,6-9,13H2,1H3. The van der Waals surface area contributed by atoms with Crippen LogP contribution in [0.2, 0.25) is 0 Å². The van der Waals surface area contributed by atoms with Gasteiger partial charge in [-0.25, -0.2) is 0 Å². The molecule has 1 heterocycles. The zero-order valence-corrected chi connectivity index (χ0v) is 9.15. The van der Waals surface area contributed by atoms with E-state index >= 15 is 0 Å². The predicted octanol–water partition coefficient (Wildman–Crippen LogP) is 1.37. The second-order valence-electron chi connectivity index (χ2n) is 3.95. The van der Waals surface area contributed by atoms with E-state index in [9.17, 15) is 0 Å². The topological polar surface area (TPSA) is 38.5 Å². The minimum atomic E-state index is 0.437. The van der Waals surface area contributed by atoms with Gasteiger partial charge in [-0.2, -0.15) is 0 Å². The summed E-state index contributed by atoms with van der Waals surface area (Å²) in [5.41, 5.74) is 8.22. The molecule has 2 rings (SSSR count). The quantitative estimate of drug-likeness (QED) is 0.794. The predicted molar refractivity (Wildman–Crippen MR) is 62.0 cm³/mol. The van der Waals surface area contributed by atoms with Crippen LogP contribution in [0.3, 0.4) is 0 Å². The van der Waals surface area contributed by atoms with Gasteiger partial charge in [0.1, 0.15) is 0 Å². The average molecular weight is 206 g/mol. The molecule has 1 aliphatic heterocycles. The largest absolute Gasteiger partial charge is 0.377 e.